The van der Waals surface area contributed by atoms with Crippen molar-refractivity contribution in [1.82, 2.24) is 0 Å². The van der Waals surface area contributed by atoms with Gasteiger partial charge in [0.05, 0.1) is 6.16 Å². The molecule has 0 aromatic heterocycles. The summed E-state index contributed by atoms with van der Waals surface area (Å²) in [5, 5.41) is 0. The molecule has 5 heteroatoms. The molecule has 1 radical (unpaired) electrons. The van der Waals surface area contributed by atoms with Crippen LogP contribution in [-0.2, 0) is 32.2 Å². The second-order valence-electron chi connectivity index (χ2n) is 4.22. The fraction of sp³-hybridized carbons (Fsp3) is 0.875. The van der Waals surface area contributed by atoms with Crippen molar-refractivity contribution in [2.24, 2.45) is 5.41 Å². The summed E-state index contributed by atoms with van der Waals surface area (Å²) >= 11 is 0. The van der Waals surface area contributed by atoms with Crippen LogP contribution in [0.4, 0.5) is 0 Å². The van der Waals surface area contributed by atoms with Gasteiger partial charge in [-0.25, -0.2) is 0 Å². The van der Waals surface area contributed by atoms with Gasteiger partial charge in [-0.15, -0.1) is 6.42 Å². The Labute approximate surface area is 92.0 Å². The molecule has 13 heavy (non-hydrogen) atoms. The van der Waals surface area contributed by atoms with Gasteiger partial charge in [0.1, 0.15) is 0 Å². The third kappa shape index (κ3) is 5.24. The molecule has 0 unspecified atom stereocenters. The predicted octanol–water partition coefficient (Wildman–Crippen LogP) is 2.82. The Morgan fingerprint density at radius 1 is 1.46 bits per heavy atom. The van der Waals surface area contributed by atoms with Gasteiger partial charge in [0.25, 0.3) is 0 Å². The topological polar surface area (TPSA) is 35.5 Å². The van der Waals surface area contributed by atoms with E-state index in [1.807, 2.05) is 20.8 Å². The zero-order valence-corrected chi connectivity index (χ0v) is 10.6. The van der Waals surface area contributed by atoms with Crippen LogP contribution in [0.3, 0.4) is 0 Å². The first kappa shape index (κ1) is 13.7. The Balaban J connectivity index is 0.00000144. The van der Waals surface area contributed by atoms with Gasteiger partial charge in [-0.2, -0.15) is 6.61 Å². The van der Waals surface area contributed by atoms with Gasteiger partial charge in [-0.05, 0) is 5.41 Å². The van der Waals surface area contributed by atoms with E-state index in [0.29, 0.717) is 12.8 Å². The van der Waals surface area contributed by atoms with Crippen LogP contribution in [0.2, 0.25) is 0 Å². The molecular formula is C8H16O3PV-. The van der Waals surface area contributed by atoms with Gasteiger partial charge in [0.15, 0.2) is 0 Å². The SMILES string of the molecule is CC(C)(C)C[P@]1(=O)O[CH-]CCO1.[V]. The molecule has 1 aliphatic rings. The molecule has 0 N–H and O–H groups in total. The van der Waals surface area contributed by atoms with Crippen molar-refractivity contribution < 1.29 is 32.2 Å². The van der Waals surface area contributed by atoms with Crippen molar-refractivity contribution >= 4 is 7.60 Å². The molecule has 0 aromatic rings. The standard InChI is InChI=1S/C8H16O3P.V/c1-8(2,3)7-12(9)10-5-4-6-11-12;/h5H,4,6-7H2,1-3H3;/q-1;/t12-;/m0./s1. The maximum absolute atomic E-state index is 11.8. The first-order chi connectivity index (χ1) is 5.41. The van der Waals surface area contributed by atoms with E-state index < -0.39 is 7.60 Å². The Morgan fingerprint density at radius 2 is 2.08 bits per heavy atom. The quantitative estimate of drug-likeness (QED) is 0.524. The predicted molar refractivity (Wildman–Crippen MR) is 47.9 cm³/mol. The molecular weight excluding hydrogens is 226 g/mol. The van der Waals surface area contributed by atoms with Crippen LogP contribution in [0.25, 0.3) is 0 Å². The number of rotatable bonds is 1. The van der Waals surface area contributed by atoms with E-state index in [9.17, 15) is 4.57 Å². The summed E-state index contributed by atoms with van der Waals surface area (Å²) in [6.45, 7) is 8.18. The van der Waals surface area contributed by atoms with Gasteiger partial charge in [0.2, 0.25) is 0 Å². The van der Waals surface area contributed by atoms with Crippen LogP contribution in [0.15, 0.2) is 0 Å². The summed E-state index contributed by atoms with van der Waals surface area (Å²) in [5.74, 6) is 0. The fourth-order valence-electron chi connectivity index (χ4n) is 1.10. The molecule has 1 rings (SSSR count). The maximum Gasteiger partial charge on any atom is 0.301 e. The molecule has 0 aromatic carbocycles. The van der Waals surface area contributed by atoms with Crippen molar-refractivity contribution in [3.05, 3.63) is 6.61 Å². The Kier molecular flexibility index (Phi) is 5.28. The summed E-state index contributed by atoms with van der Waals surface area (Å²) in [6.07, 6.45) is 1.21. The van der Waals surface area contributed by atoms with Gasteiger partial charge < -0.3 is 9.05 Å². The van der Waals surface area contributed by atoms with Crippen molar-refractivity contribution in [2.75, 3.05) is 12.8 Å². The van der Waals surface area contributed by atoms with E-state index in [4.69, 9.17) is 9.05 Å². The molecule has 1 atom stereocenters. The average Bonchev–Trinajstić information content (AvgIpc) is 1.83. The zero-order valence-electron chi connectivity index (χ0n) is 8.32. The van der Waals surface area contributed by atoms with Crippen LogP contribution in [0.5, 0.6) is 0 Å². The molecule has 1 fully saturated rings. The molecule has 1 aliphatic heterocycles. The molecule has 0 bridgehead atoms. The van der Waals surface area contributed by atoms with Crippen molar-refractivity contribution in [3.8, 4) is 0 Å². The van der Waals surface area contributed by atoms with Gasteiger partial charge >= 0.3 is 7.60 Å². The molecule has 3 nitrogen and oxygen atoms in total. The van der Waals surface area contributed by atoms with E-state index in [1.54, 1.807) is 6.61 Å². The summed E-state index contributed by atoms with van der Waals surface area (Å²) in [4.78, 5) is 0. The van der Waals surface area contributed by atoms with Crippen LogP contribution < -0.4 is 0 Å². The molecule has 1 heterocycles. The van der Waals surface area contributed by atoms with Crippen molar-refractivity contribution in [1.29, 1.82) is 0 Å². The van der Waals surface area contributed by atoms with Gasteiger partial charge in [-0.1, -0.05) is 20.8 Å². The normalized spacial score (nSPS) is 29.5. The zero-order chi connectivity index (χ0) is 9.24. The number of hydrogen-bond acceptors (Lipinski definition) is 3. The van der Waals surface area contributed by atoms with Crippen LogP contribution >= 0.6 is 7.60 Å². The minimum atomic E-state index is -2.79. The van der Waals surface area contributed by atoms with Crippen molar-refractivity contribution in [2.45, 2.75) is 27.2 Å². The van der Waals surface area contributed by atoms with E-state index in [0.717, 1.165) is 6.42 Å². The van der Waals surface area contributed by atoms with E-state index in [1.165, 1.54) is 0 Å². The van der Waals surface area contributed by atoms with E-state index >= 15 is 0 Å². The smallest absolute Gasteiger partial charge is 0.301 e. The molecule has 0 saturated carbocycles. The van der Waals surface area contributed by atoms with Crippen LogP contribution in [0, 0.1) is 12.0 Å². The Hall–Kier alpha value is 0.734. The second kappa shape index (κ2) is 5.00. The van der Waals surface area contributed by atoms with E-state index in [-0.39, 0.29) is 24.0 Å². The molecule has 0 spiro atoms. The molecule has 0 amide bonds. The maximum atomic E-state index is 11.8. The molecule has 77 valence electrons. The first-order valence-corrected chi connectivity index (χ1v) is 5.88. The summed E-state index contributed by atoms with van der Waals surface area (Å²) < 4.78 is 22.0. The number of hydrogen-bond donors (Lipinski definition) is 0. The first-order valence-electron chi connectivity index (χ1n) is 4.15. The van der Waals surface area contributed by atoms with Crippen LogP contribution in [-0.4, -0.2) is 12.8 Å². The summed E-state index contributed by atoms with van der Waals surface area (Å²) in [6, 6.07) is 0. The third-order valence-corrected chi connectivity index (χ3v) is 3.81. The summed E-state index contributed by atoms with van der Waals surface area (Å²) in [7, 11) is -2.79. The van der Waals surface area contributed by atoms with Gasteiger partial charge in [-0.3, -0.25) is 4.57 Å². The third-order valence-electron chi connectivity index (χ3n) is 1.43. The van der Waals surface area contributed by atoms with Crippen molar-refractivity contribution in [3.63, 3.8) is 0 Å². The van der Waals surface area contributed by atoms with Crippen LogP contribution in [0.1, 0.15) is 27.2 Å². The fourth-order valence-corrected chi connectivity index (χ4v) is 3.21. The monoisotopic (exact) mass is 242 g/mol. The van der Waals surface area contributed by atoms with Gasteiger partial charge in [0, 0.05) is 25.2 Å². The Morgan fingerprint density at radius 3 is 2.46 bits per heavy atom. The second-order valence-corrected chi connectivity index (χ2v) is 6.23. The largest absolute Gasteiger partial charge is 0.486 e. The Bertz CT molecular complexity index is 190. The molecule has 0 aliphatic carbocycles. The average molecular weight is 242 g/mol. The minimum absolute atomic E-state index is 0. The summed E-state index contributed by atoms with van der Waals surface area (Å²) in [5.41, 5.74) is -0.0132. The van der Waals surface area contributed by atoms with E-state index in [2.05, 4.69) is 0 Å². The molecule has 1 saturated heterocycles. The minimum Gasteiger partial charge on any atom is -0.486 e.